The summed E-state index contributed by atoms with van der Waals surface area (Å²) in [7, 11) is -2.18. The number of hydrogen-bond acceptors (Lipinski definition) is 5. The van der Waals surface area contributed by atoms with Gasteiger partial charge in [0.2, 0.25) is 15.9 Å². The number of fused-ring (bicyclic) bond motifs is 1. The molecule has 1 aliphatic heterocycles. The van der Waals surface area contributed by atoms with Gasteiger partial charge in [0.1, 0.15) is 5.75 Å². The molecule has 3 aromatic rings. The van der Waals surface area contributed by atoms with Crippen LogP contribution >= 0.6 is 0 Å². The first-order valence-electron chi connectivity index (χ1n) is 10.7. The number of methoxy groups -OCH3 is 1. The molecule has 0 aliphatic carbocycles. The lowest BCUT2D eigenvalue weighted by atomic mass is 10.1. The number of nitrogens with zero attached hydrogens (tertiary/aromatic N) is 1. The van der Waals surface area contributed by atoms with Crippen molar-refractivity contribution in [1.29, 1.82) is 0 Å². The minimum absolute atomic E-state index is 0.0770. The third-order valence-electron chi connectivity index (χ3n) is 5.58. The smallest absolute Gasteiger partial charge is 0.258 e. The number of nitrogens with one attached hydrogen (secondary N) is 2. The SMILES string of the molecule is COc1ccc(C(=O)N2CCc3ccc(CNS(=O)(=O)c4ccc(NC(C)=O)cc4)cc32)cc1. The topological polar surface area (TPSA) is 105 Å². The van der Waals surface area contributed by atoms with E-state index in [9.17, 15) is 18.0 Å². The van der Waals surface area contributed by atoms with Crippen molar-refractivity contribution in [3.05, 3.63) is 83.4 Å². The first-order valence-corrected chi connectivity index (χ1v) is 12.2. The molecule has 0 saturated carbocycles. The van der Waals surface area contributed by atoms with E-state index in [1.54, 1.807) is 36.3 Å². The van der Waals surface area contributed by atoms with Gasteiger partial charge in [-0.15, -0.1) is 0 Å². The Kier molecular flexibility index (Phi) is 6.67. The average molecular weight is 480 g/mol. The summed E-state index contributed by atoms with van der Waals surface area (Å²) in [6.07, 6.45) is 0.740. The fourth-order valence-corrected chi connectivity index (χ4v) is 4.84. The highest BCUT2D eigenvalue weighted by atomic mass is 32.2. The van der Waals surface area contributed by atoms with Crippen molar-refractivity contribution in [2.45, 2.75) is 24.8 Å². The van der Waals surface area contributed by atoms with Crippen LogP contribution in [0.5, 0.6) is 5.75 Å². The predicted molar refractivity (Wildman–Crippen MR) is 130 cm³/mol. The first-order chi connectivity index (χ1) is 16.3. The van der Waals surface area contributed by atoms with Crippen LogP contribution < -0.4 is 19.7 Å². The molecule has 0 atom stereocenters. The average Bonchev–Trinajstić information content (AvgIpc) is 3.26. The molecular weight excluding hydrogens is 454 g/mol. The molecule has 2 amide bonds. The summed E-state index contributed by atoms with van der Waals surface area (Å²) in [6, 6.07) is 18.6. The van der Waals surface area contributed by atoms with Gasteiger partial charge in [0.15, 0.2) is 0 Å². The molecule has 1 aliphatic rings. The number of sulfonamides is 1. The molecule has 2 N–H and O–H groups in total. The van der Waals surface area contributed by atoms with Gasteiger partial charge in [-0.3, -0.25) is 9.59 Å². The fraction of sp³-hybridized carbons (Fsp3) is 0.200. The van der Waals surface area contributed by atoms with Crippen LogP contribution in [0.2, 0.25) is 0 Å². The maximum absolute atomic E-state index is 13.1. The molecule has 0 spiro atoms. The normalized spacial score (nSPS) is 12.8. The van der Waals surface area contributed by atoms with Crippen LogP contribution in [0.25, 0.3) is 0 Å². The number of carbonyl (C=O) groups is 2. The van der Waals surface area contributed by atoms with Crippen LogP contribution in [0.1, 0.15) is 28.4 Å². The Morgan fingerprint density at radius 2 is 1.71 bits per heavy atom. The number of rotatable bonds is 7. The first kappa shape index (κ1) is 23.5. The molecule has 4 rings (SSSR count). The number of amides is 2. The lowest BCUT2D eigenvalue weighted by molar-refractivity contribution is -0.114. The molecule has 9 heteroatoms. The minimum Gasteiger partial charge on any atom is -0.497 e. The zero-order chi connectivity index (χ0) is 24.3. The zero-order valence-corrected chi connectivity index (χ0v) is 19.7. The largest absolute Gasteiger partial charge is 0.497 e. The van der Waals surface area contributed by atoms with E-state index in [2.05, 4.69) is 10.0 Å². The number of carbonyl (C=O) groups excluding carboxylic acids is 2. The second kappa shape index (κ2) is 9.66. The van der Waals surface area contributed by atoms with Gasteiger partial charge in [-0.2, -0.15) is 0 Å². The highest BCUT2D eigenvalue weighted by Crippen LogP contribution is 2.31. The van der Waals surface area contributed by atoms with E-state index in [4.69, 9.17) is 4.74 Å². The number of anilines is 2. The van der Waals surface area contributed by atoms with Crippen molar-refractivity contribution in [1.82, 2.24) is 4.72 Å². The molecule has 0 fully saturated rings. The van der Waals surface area contributed by atoms with Crippen LogP contribution in [0.3, 0.4) is 0 Å². The van der Waals surface area contributed by atoms with Gasteiger partial charge in [0.25, 0.3) is 5.91 Å². The maximum Gasteiger partial charge on any atom is 0.258 e. The monoisotopic (exact) mass is 479 g/mol. The van der Waals surface area contributed by atoms with Crippen LogP contribution in [0.4, 0.5) is 11.4 Å². The summed E-state index contributed by atoms with van der Waals surface area (Å²) >= 11 is 0. The predicted octanol–water partition coefficient (Wildman–Crippen LogP) is 3.34. The molecule has 0 aromatic heterocycles. The third-order valence-corrected chi connectivity index (χ3v) is 7.00. The van der Waals surface area contributed by atoms with Crippen LogP contribution in [-0.4, -0.2) is 33.9 Å². The van der Waals surface area contributed by atoms with E-state index in [1.165, 1.54) is 31.2 Å². The number of benzene rings is 3. The van der Waals surface area contributed by atoms with Crippen molar-refractivity contribution in [3.63, 3.8) is 0 Å². The summed E-state index contributed by atoms with van der Waals surface area (Å²) in [5.41, 5.74) is 3.65. The van der Waals surface area contributed by atoms with Gasteiger partial charge in [-0.25, -0.2) is 13.1 Å². The third kappa shape index (κ3) is 5.11. The Morgan fingerprint density at radius 1 is 1.00 bits per heavy atom. The molecule has 0 radical (unpaired) electrons. The molecule has 0 bridgehead atoms. The van der Waals surface area contributed by atoms with E-state index in [0.29, 0.717) is 23.5 Å². The Morgan fingerprint density at radius 3 is 2.35 bits per heavy atom. The molecule has 0 saturated heterocycles. The lowest BCUT2D eigenvalue weighted by Gasteiger charge is -2.18. The van der Waals surface area contributed by atoms with Crippen LogP contribution in [0, 0.1) is 0 Å². The van der Waals surface area contributed by atoms with Gasteiger partial charge in [0.05, 0.1) is 12.0 Å². The van der Waals surface area contributed by atoms with E-state index < -0.39 is 10.0 Å². The van der Waals surface area contributed by atoms with Gasteiger partial charge < -0.3 is 15.0 Å². The second-order valence-corrected chi connectivity index (χ2v) is 9.70. The summed E-state index contributed by atoms with van der Waals surface area (Å²) in [5.74, 6) is 0.334. The Bertz CT molecular complexity index is 1320. The Hall–Kier alpha value is -3.69. The molecule has 0 unspecified atom stereocenters. The minimum atomic E-state index is -3.75. The van der Waals surface area contributed by atoms with Crippen LogP contribution in [0.15, 0.2) is 71.6 Å². The molecule has 34 heavy (non-hydrogen) atoms. The molecule has 8 nitrogen and oxygen atoms in total. The number of ether oxygens (including phenoxy) is 1. The maximum atomic E-state index is 13.1. The van der Waals surface area contributed by atoms with Gasteiger partial charge in [-0.05, 0) is 72.1 Å². The highest BCUT2D eigenvalue weighted by Gasteiger charge is 2.26. The standard InChI is InChI=1S/C25H25N3O5S/c1-17(29)27-21-7-11-23(12-8-21)34(31,32)26-16-18-3-4-19-13-14-28(24(19)15-18)25(30)20-5-9-22(33-2)10-6-20/h3-12,15,26H,13-14,16H2,1-2H3,(H,27,29). The summed E-state index contributed by atoms with van der Waals surface area (Å²) < 4.78 is 33.2. The van der Waals surface area contributed by atoms with Crippen LogP contribution in [-0.2, 0) is 27.8 Å². The van der Waals surface area contributed by atoms with E-state index in [1.807, 2.05) is 18.2 Å². The quantitative estimate of drug-likeness (QED) is 0.541. The van der Waals surface area contributed by atoms with Crippen molar-refractivity contribution in [2.75, 3.05) is 23.9 Å². The Labute approximate surface area is 198 Å². The van der Waals surface area contributed by atoms with Crippen molar-refractivity contribution < 1.29 is 22.7 Å². The van der Waals surface area contributed by atoms with Crippen molar-refractivity contribution >= 4 is 33.2 Å². The molecular formula is C25H25N3O5S. The van der Waals surface area contributed by atoms with E-state index in [-0.39, 0.29) is 23.3 Å². The zero-order valence-electron chi connectivity index (χ0n) is 18.9. The highest BCUT2D eigenvalue weighted by molar-refractivity contribution is 7.89. The summed E-state index contributed by atoms with van der Waals surface area (Å²) in [6.45, 7) is 2.03. The summed E-state index contributed by atoms with van der Waals surface area (Å²) in [5, 5.41) is 2.60. The lowest BCUT2D eigenvalue weighted by Crippen LogP contribution is -2.29. The van der Waals surface area contributed by atoms with E-state index in [0.717, 1.165) is 23.2 Å². The molecule has 176 valence electrons. The number of hydrogen-bond donors (Lipinski definition) is 2. The molecule has 3 aromatic carbocycles. The van der Waals surface area contributed by atoms with Crippen molar-refractivity contribution in [3.8, 4) is 5.75 Å². The van der Waals surface area contributed by atoms with E-state index >= 15 is 0 Å². The van der Waals surface area contributed by atoms with Gasteiger partial charge >= 0.3 is 0 Å². The fourth-order valence-electron chi connectivity index (χ4n) is 3.82. The molecule has 1 heterocycles. The van der Waals surface area contributed by atoms with Gasteiger partial charge in [0, 0.05) is 37.0 Å². The van der Waals surface area contributed by atoms with Crippen molar-refractivity contribution in [2.24, 2.45) is 0 Å². The van der Waals surface area contributed by atoms with Gasteiger partial charge in [-0.1, -0.05) is 12.1 Å². The summed E-state index contributed by atoms with van der Waals surface area (Å²) in [4.78, 5) is 26.0. The Balaban J connectivity index is 1.47. The second-order valence-electron chi connectivity index (χ2n) is 7.93.